The highest BCUT2D eigenvalue weighted by Gasteiger charge is 2.22. The summed E-state index contributed by atoms with van der Waals surface area (Å²) in [5.74, 6) is 1.83. The van der Waals surface area contributed by atoms with Crippen LogP contribution in [0.4, 0.5) is 0 Å². The molecule has 96 valence electrons. The van der Waals surface area contributed by atoms with E-state index in [1.54, 1.807) is 6.26 Å². The van der Waals surface area contributed by atoms with Crippen LogP contribution in [-0.4, -0.2) is 6.04 Å². The van der Waals surface area contributed by atoms with Crippen LogP contribution in [0.2, 0.25) is 0 Å². The zero-order valence-corrected chi connectivity index (χ0v) is 10.6. The lowest BCUT2D eigenvalue weighted by molar-refractivity contribution is 0.481. The normalized spacial score (nSPS) is 15.2. The summed E-state index contributed by atoms with van der Waals surface area (Å²) in [5.41, 5.74) is 1.96. The van der Waals surface area contributed by atoms with E-state index in [0.717, 1.165) is 34.6 Å². The van der Waals surface area contributed by atoms with Crippen LogP contribution in [0.25, 0.3) is 22.3 Å². The molecule has 3 heteroatoms. The van der Waals surface area contributed by atoms with Gasteiger partial charge in [-0.25, -0.2) is 0 Å². The Hall–Kier alpha value is -2.00. The van der Waals surface area contributed by atoms with Gasteiger partial charge < -0.3 is 14.2 Å². The van der Waals surface area contributed by atoms with E-state index in [1.807, 2.05) is 24.3 Å². The van der Waals surface area contributed by atoms with Crippen molar-refractivity contribution in [1.82, 2.24) is 5.32 Å². The summed E-state index contributed by atoms with van der Waals surface area (Å²) in [6.45, 7) is 0.768. The first-order valence-corrected chi connectivity index (χ1v) is 6.69. The molecular formula is C16H15NO2. The summed E-state index contributed by atoms with van der Waals surface area (Å²) in [4.78, 5) is 0. The Morgan fingerprint density at radius 3 is 2.89 bits per heavy atom. The number of rotatable bonds is 4. The second-order valence-corrected chi connectivity index (χ2v) is 5.06. The number of fused-ring (bicyclic) bond motifs is 1. The first-order valence-electron chi connectivity index (χ1n) is 6.69. The number of hydrogen-bond donors (Lipinski definition) is 1. The Bertz CT molecular complexity index is 673. The second kappa shape index (κ2) is 4.28. The van der Waals surface area contributed by atoms with Crippen molar-refractivity contribution in [3.05, 3.63) is 48.4 Å². The van der Waals surface area contributed by atoms with Gasteiger partial charge in [-0.05, 0) is 31.0 Å². The molecule has 1 N–H and O–H groups in total. The van der Waals surface area contributed by atoms with Gasteiger partial charge in [0.1, 0.15) is 17.1 Å². The molecule has 1 aliphatic rings. The highest BCUT2D eigenvalue weighted by molar-refractivity contribution is 5.83. The molecule has 0 radical (unpaired) electrons. The largest absolute Gasteiger partial charge is 0.467 e. The molecule has 2 heterocycles. The van der Waals surface area contributed by atoms with E-state index < -0.39 is 0 Å². The number of hydrogen-bond acceptors (Lipinski definition) is 3. The van der Waals surface area contributed by atoms with Gasteiger partial charge >= 0.3 is 0 Å². The monoisotopic (exact) mass is 253 g/mol. The molecule has 1 aliphatic carbocycles. The first-order chi connectivity index (χ1) is 9.40. The van der Waals surface area contributed by atoms with Crippen molar-refractivity contribution in [1.29, 1.82) is 0 Å². The van der Waals surface area contributed by atoms with Crippen LogP contribution in [0.3, 0.4) is 0 Å². The summed E-state index contributed by atoms with van der Waals surface area (Å²) < 4.78 is 11.5. The molecule has 3 aromatic rings. The molecule has 1 aromatic carbocycles. The van der Waals surface area contributed by atoms with E-state index in [4.69, 9.17) is 8.83 Å². The van der Waals surface area contributed by atoms with Gasteiger partial charge in [0.25, 0.3) is 0 Å². The van der Waals surface area contributed by atoms with Gasteiger partial charge in [-0.3, -0.25) is 0 Å². The Morgan fingerprint density at radius 2 is 2.05 bits per heavy atom. The Kier molecular flexibility index (Phi) is 2.45. The van der Waals surface area contributed by atoms with E-state index in [-0.39, 0.29) is 0 Å². The third kappa shape index (κ3) is 2.06. The van der Waals surface area contributed by atoms with E-state index in [0.29, 0.717) is 6.04 Å². The van der Waals surface area contributed by atoms with Gasteiger partial charge in [-0.15, -0.1) is 0 Å². The summed E-state index contributed by atoms with van der Waals surface area (Å²) in [6.07, 6.45) is 4.29. The standard InChI is InChI=1S/C16H15NO2/c1-2-4-14-11(3-1)9-15(19-14)13-7-8-18-16(13)10-17-12-5-6-12/h1-4,7-9,12,17H,5-6,10H2. The molecule has 1 saturated carbocycles. The highest BCUT2D eigenvalue weighted by atomic mass is 16.3. The number of para-hydroxylation sites is 1. The summed E-state index contributed by atoms with van der Waals surface area (Å²) in [6, 6.07) is 12.8. The SMILES string of the molecule is c1ccc2oc(-c3ccoc3CNC3CC3)cc2c1. The lowest BCUT2D eigenvalue weighted by Gasteiger charge is -2.01. The predicted molar refractivity (Wildman–Crippen MR) is 73.8 cm³/mol. The number of furan rings is 2. The Labute approximate surface area is 111 Å². The van der Waals surface area contributed by atoms with Crippen LogP contribution in [0.1, 0.15) is 18.6 Å². The maximum absolute atomic E-state index is 5.89. The van der Waals surface area contributed by atoms with Crippen LogP contribution in [0.15, 0.2) is 51.5 Å². The molecule has 2 aromatic heterocycles. The molecule has 0 amide bonds. The van der Waals surface area contributed by atoms with Gasteiger partial charge in [-0.2, -0.15) is 0 Å². The van der Waals surface area contributed by atoms with Crippen LogP contribution in [0, 0.1) is 0 Å². The van der Waals surface area contributed by atoms with Crippen LogP contribution >= 0.6 is 0 Å². The molecule has 4 rings (SSSR count). The van der Waals surface area contributed by atoms with Crippen molar-refractivity contribution in [2.24, 2.45) is 0 Å². The molecule has 19 heavy (non-hydrogen) atoms. The fourth-order valence-electron chi connectivity index (χ4n) is 2.34. The van der Waals surface area contributed by atoms with Gasteiger partial charge in [0.15, 0.2) is 0 Å². The Morgan fingerprint density at radius 1 is 1.16 bits per heavy atom. The minimum atomic E-state index is 0.675. The topological polar surface area (TPSA) is 38.3 Å². The minimum absolute atomic E-state index is 0.675. The van der Waals surface area contributed by atoms with Crippen molar-refractivity contribution in [3.63, 3.8) is 0 Å². The maximum atomic E-state index is 5.89. The van der Waals surface area contributed by atoms with Gasteiger partial charge in [0.2, 0.25) is 0 Å². The minimum Gasteiger partial charge on any atom is -0.467 e. The van der Waals surface area contributed by atoms with Crippen molar-refractivity contribution in [2.45, 2.75) is 25.4 Å². The fraction of sp³-hybridized carbons (Fsp3) is 0.250. The van der Waals surface area contributed by atoms with Crippen LogP contribution < -0.4 is 5.32 Å². The molecule has 0 unspecified atom stereocenters. The molecule has 0 bridgehead atoms. The molecular weight excluding hydrogens is 238 g/mol. The summed E-state index contributed by atoms with van der Waals surface area (Å²) in [7, 11) is 0. The maximum Gasteiger partial charge on any atom is 0.138 e. The van der Waals surface area contributed by atoms with Gasteiger partial charge in [0.05, 0.1) is 18.4 Å². The first kappa shape index (κ1) is 10.9. The van der Waals surface area contributed by atoms with E-state index >= 15 is 0 Å². The molecule has 3 nitrogen and oxygen atoms in total. The van der Waals surface area contributed by atoms with Crippen LogP contribution in [-0.2, 0) is 6.54 Å². The quantitative estimate of drug-likeness (QED) is 0.765. The van der Waals surface area contributed by atoms with E-state index in [1.165, 1.54) is 12.8 Å². The van der Waals surface area contributed by atoms with Crippen LogP contribution in [0.5, 0.6) is 0 Å². The van der Waals surface area contributed by atoms with Crippen molar-refractivity contribution < 1.29 is 8.83 Å². The van der Waals surface area contributed by atoms with Gasteiger partial charge in [0, 0.05) is 11.4 Å². The summed E-state index contributed by atoms with van der Waals surface area (Å²) >= 11 is 0. The van der Waals surface area contributed by atoms with Crippen molar-refractivity contribution in [2.75, 3.05) is 0 Å². The lowest BCUT2D eigenvalue weighted by Crippen LogP contribution is -2.15. The molecule has 0 saturated heterocycles. The van der Waals surface area contributed by atoms with Gasteiger partial charge in [-0.1, -0.05) is 18.2 Å². The third-order valence-corrected chi connectivity index (χ3v) is 3.57. The Balaban J connectivity index is 1.68. The molecule has 0 spiro atoms. The molecule has 0 aliphatic heterocycles. The van der Waals surface area contributed by atoms with Crippen molar-refractivity contribution >= 4 is 11.0 Å². The second-order valence-electron chi connectivity index (χ2n) is 5.06. The molecule has 1 fully saturated rings. The number of benzene rings is 1. The summed E-state index contributed by atoms with van der Waals surface area (Å²) in [5, 5.41) is 4.59. The predicted octanol–water partition coefficient (Wildman–Crippen LogP) is 3.94. The highest BCUT2D eigenvalue weighted by Crippen LogP contribution is 2.31. The van der Waals surface area contributed by atoms with E-state index in [9.17, 15) is 0 Å². The smallest absolute Gasteiger partial charge is 0.138 e. The molecule has 0 atom stereocenters. The zero-order chi connectivity index (χ0) is 12.7. The average molecular weight is 253 g/mol. The van der Waals surface area contributed by atoms with E-state index in [2.05, 4.69) is 17.4 Å². The average Bonchev–Trinajstić information content (AvgIpc) is 3.00. The van der Waals surface area contributed by atoms with Crippen molar-refractivity contribution in [3.8, 4) is 11.3 Å². The lowest BCUT2D eigenvalue weighted by atomic mass is 10.2. The zero-order valence-electron chi connectivity index (χ0n) is 10.6. The number of nitrogens with one attached hydrogen (secondary N) is 1. The third-order valence-electron chi connectivity index (χ3n) is 3.57. The fourth-order valence-corrected chi connectivity index (χ4v) is 2.34.